The number of piperidine rings is 1. The number of halogens is 3. The van der Waals surface area contributed by atoms with Gasteiger partial charge in [0.05, 0.1) is 5.41 Å². The zero-order chi connectivity index (χ0) is 18.0. The van der Waals surface area contributed by atoms with Gasteiger partial charge in [0.2, 0.25) is 0 Å². The molecule has 2 rings (SSSR count). The van der Waals surface area contributed by atoms with E-state index in [1.54, 1.807) is 20.8 Å². The molecule has 0 bridgehead atoms. The van der Waals surface area contributed by atoms with E-state index in [9.17, 15) is 18.0 Å². The summed E-state index contributed by atoms with van der Waals surface area (Å²) in [5.41, 5.74) is -1.12. The Morgan fingerprint density at radius 1 is 1.25 bits per heavy atom. The third-order valence-electron chi connectivity index (χ3n) is 4.06. The van der Waals surface area contributed by atoms with Gasteiger partial charge in [0.1, 0.15) is 11.8 Å². The van der Waals surface area contributed by atoms with Crippen molar-refractivity contribution in [1.29, 1.82) is 0 Å². The van der Waals surface area contributed by atoms with E-state index in [0.717, 1.165) is 32.0 Å². The molecule has 1 unspecified atom stereocenters. The van der Waals surface area contributed by atoms with Gasteiger partial charge in [-0.25, -0.2) is 0 Å². The number of esters is 1. The lowest BCUT2D eigenvalue weighted by Gasteiger charge is -2.32. The zero-order valence-corrected chi connectivity index (χ0v) is 14.1. The molecule has 0 aromatic carbocycles. The Bertz CT molecular complexity index is 559. The van der Waals surface area contributed by atoms with Crippen LogP contribution in [0.3, 0.4) is 0 Å². The van der Waals surface area contributed by atoms with Crippen molar-refractivity contribution in [1.82, 2.24) is 10.3 Å². The second kappa shape index (κ2) is 7.09. The number of ether oxygens (including phenoxy) is 1. The number of pyridine rings is 1. The lowest BCUT2D eigenvalue weighted by molar-refractivity contribution is -0.162. The molecule has 24 heavy (non-hydrogen) atoms. The van der Waals surface area contributed by atoms with Crippen LogP contribution in [0.2, 0.25) is 0 Å². The van der Waals surface area contributed by atoms with Crippen molar-refractivity contribution < 1.29 is 22.7 Å². The lowest BCUT2D eigenvalue weighted by atomic mass is 9.88. The van der Waals surface area contributed by atoms with Crippen LogP contribution in [0.15, 0.2) is 18.3 Å². The summed E-state index contributed by atoms with van der Waals surface area (Å²) in [6.45, 7) is 6.84. The van der Waals surface area contributed by atoms with Gasteiger partial charge in [-0.15, -0.1) is 0 Å². The minimum absolute atomic E-state index is 0.0658. The van der Waals surface area contributed by atoms with Crippen molar-refractivity contribution in [3.63, 3.8) is 0 Å². The molecular weight excluding hydrogens is 321 g/mol. The Morgan fingerprint density at radius 2 is 1.88 bits per heavy atom. The summed E-state index contributed by atoms with van der Waals surface area (Å²) in [4.78, 5) is 15.8. The molecule has 0 radical (unpaired) electrons. The van der Waals surface area contributed by atoms with Crippen molar-refractivity contribution in [3.05, 3.63) is 29.6 Å². The largest absolute Gasteiger partial charge is 0.457 e. The average Bonchev–Trinajstić information content (AvgIpc) is 2.51. The molecule has 4 nitrogen and oxygen atoms in total. The van der Waals surface area contributed by atoms with Crippen molar-refractivity contribution in [2.24, 2.45) is 11.3 Å². The van der Waals surface area contributed by atoms with Gasteiger partial charge in [-0.1, -0.05) is 6.07 Å². The van der Waals surface area contributed by atoms with Gasteiger partial charge in [0.15, 0.2) is 0 Å². The fourth-order valence-electron chi connectivity index (χ4n) is 2.62. The molecule has 1 N–H and O–H groups in total. The Kier molecular flexibility index (Phi) is 5.52. The first kappa shape index (κ1) is 18.7. The molecule has 1 aliphatic heterocycles. The summed E-state index contributed by atoms with van der Waals surface area (Å²) < 4.78 is 43.7. The maximum absolute atomic E-state index is 12.7. The number of rotatable bonds is 3. The first-order chi connectivity index (χ1) is 11.1. The quantitative estimate of drug-likeness (QED) is 0.849. The predicted octanol–water partition coefficient (Wildman–Crippen LogP) is 3.73. The standard InChI is InChI=1S/C17H23F3N2O2/c1-16(2,3)15(23)24-14(11-6-8-21-9-7-11)12-4-5-13(22-10-12)17(18,19)20/h4-5,10-11,14,21H,6-9H2,1-3H3. The monoisotopic (exact) mass is 344 g/mol. The molecule has 1 fully saturated rings. The summed E-state index contributed by atoms with van der Waals surface area (Å²) in [5, 5.41) is 3.23. The van der Waals surface area contributed by atoms with Crippen LogP contribution < -0.4 is 5.32 Å². The minimum Gasteiger partial charge on any atom is -0.457 e. The van der Waals surface area contributed by atoms with Gasteiger partial charge < -0.3 is 10.1 Å². The zero-order valence-electron chi connectivity index (χ0n) is 14.1. The number of carbonyl (C=O) groups is 1. The van der Waals surface area contributed by atoms with Gasteiger partial charge in [-0.2, -0.15) is 13.2 Å². The molecule has 1 atom stereocenters. The van der Waals surface area contributed by atoms with Gasteiger partial charge in [0, 0.05) is 17.7 Å². The maximum Gasteiger partial charge on any atom is 0.433 e. The highest BCUT2D eigenvalue weighted by atomic mass is 19.4. The SMILES string of the molecule is CC(C)(C)C(=O)OC(c1ccc(C(F)(F)F)nc1)C1CCNCC1. The van der Waals surface area contributed by atoms with Crippen LogP contribution in [0.5, 0.6) is 0 Å². The van der Waals surface area contributed by atoms with E-state index in [0.29, 0.717) is 5.56 Å². The normalized spacial score (nSPS) is 18.2. The number of nitrogens with one attached hydrogen (secondary N) is 1. The molecule has 1 saturated heterocycles. The summed E-state index contributed by atoms with van der Waals surface area (Å²) in [6.07, 6.45) is -2.30. The molecule has 134 valence electrons. The van der Waals surface area contributed by atoms with E-state index < -0.39 is 23.4 Å². The van der Waals surface area contributed by atoms with E-state index in [4.69, 9.17) is 4.74 Å². The predicted molar refractivity (Wildman–Crippen MR) is 83.1 cm³/mol. The number of nitrogens with zero attached hydrogens (tertiary/aromatic N) is 1. The van der Waals surface area contributed by atoms with Crippen LogP contribution in [0.4, 0.5) is 13.2 Å². The third kappa shape index (κ3) is 4.69. The number of carbonyl (C=O) groups excluding carboxylic acids is 1. The minimum atomic E-state index is -4.48. The van der Waals surface area contributed by atoms with E-state index >= 15 is 0 Å². The average molecular weight is 344 g/mol. The van der Waals surface area contributed by atoms with E-state index in [2.05, 4.69) is 10.3 Å². The number of alkyl halides is 3. The molecule has 1 aliphatic rings. The first-order valence-corrected chi connectivity index (χ1v) is 8.04. The summed E-state index contributed by atoms with van der Waals surface area (Å²) in [7, 11) is 0. The van der Waals surface area contributed by atoms with Gasteiger partial charge >= 0.3 is 12.1 Å². The van der Waals surface area contributed by atoms with Crippen molar-refractivity contribution >= 4 is 5.97 Å². The third-order valence-corrected chi connectivity index (χ3v) is 4.06. The maximum atomic E-state index is 12.7. The molecular formula is C17H23F3N2O2. The van der Waals surface area contributed by atoms with Crippen molar-refractivity contribution in [3.8, 4) is 0 Å². The molecule has 7 heteroatoms. The van der Waals surface area contributed by atoms with E-state index in [-0.39, 0.29) is 11.9 Å². The Balaban J connectivity index is 2.26. The molecule has 0 amide bonds. The van der Waals surface area contributed by atoms with Crippen molar-refractivity contribution in [2.75, 3.05) is 13.1 Å². The molecule has 0 spiro atoms. The van der Waals surface area contributed by atoms with Crippen LogP contribution in [0.25, 0.3) is 0 Å². The Hall–Kier alpha value is -1.63. The number of aromatic nitrogens is 1. The Labute approximate surface area is 139 Å². The second-order valence-corrected chi connectivity index (χ2v) is 7.14. The molecule has 0 aliphatic carbocycles. The Morgan fingerprint density at radius 3 is 2.33 bits per heavy atom. The van der Waals surface area contributed by atoms with Crippen LogP contribution >= 0.6 is 0 Å². The fourth-order valence-corrected chi connectivity index (χ4v) is 2.62. The van der Waals surface area contributed by atoms with E-state index in [1.807, 2.05) is 0 Å². The van der Waals surface area contributed by atoms with Crippen LogP contribution in [-0.2, 0) is 15.7 Å². The molecule has 0 saturated carbocycles. The van der Waals surface area contributed by atoms with Gasteiger partial charge in [-0.3, -0.25) is 9.78 Å². The lowest BCUT2D eigenvalue weighted by Crippen LogP contribution is -2.34. The van der Waals surface area contributed by atoms with Gasteiger partial charge in [0.25, 0.3) is 0 Å². The van der Waals surface area contributed by atoms with Crippen molar-refractivity contribution in [2.45, 2.75) is 45.9 Å². The summed E-state index contributed by atoms with van der Waals surface area (Å²) >= 11 is 0. The fraction of sp³-hybridized carbons (Fsp3) is 0.647. The number of hydrogen-bond acceptors (Lipinski definition) is 4. The summed E-state index contributed by atoms with van der Waals surface area (Å²) in [6, 6.07) is 2.30. The molecule has 1 aromatic rings. The first-order valence-electron chi connectivity index (χ1n) is 8.04. The highest BCUT2D eigenvalue weighted by Gasteiger charge is 2.35. The van der Waals surface area contributed by atoms with Gasteiger partial charge in [-0.05, 0) is 52.8 Å². The second-order valence-electron chi connectivity index (χ2n) is 7.14. The molecule has 2 heterocycles. The van der Waals surface area contributed by atoms with E-state index in [1.165, 1.54) is 12.3 Å². The van der Waals surface area contributed by atoms with Crippen LogP contribution in [0.1, 0.15) is 51.0 Å². The molecule has 1 aromatic heterocycles. The highest BCUT2D eigenvalue weighted by Crippen LogP contribution is 2.35. The van der Waals surface area contributed by atoms with Crippen LogP contribution in [-0.4, -0.2) is 24.0 Å². The summed E-state index contributed by atoms with van der Waals surface area (Å²) in [5.74, 6) is -0.304. The number of hydrogen-bond donors (Lipinski definition) is 1. The smallest absolute Gasteiger partial charge is 0.433 e. The highest BCUT2D eigenvalue weighted by molar-refractivity contribution is 5.75. The topological polar surface area (TPSA) is 51.2 Å². The van der Waals surface area contributed by atoms with Crippen LogP contribution in [0, 0.1) is 11.3 Å².